The maximum absolute atomic E-state index is 12.3. The highest BCUT2D eigenvalue weighted by Gasteiger charge is 2.36. The van der Waals surface area contributed by atoms with Crippen molar-refractivity contribution in [1.29, 1.82) is 0 Å². The van der Waals surface area contributed by atoms with E-state index in [9.17, 15) is 13.2 Å². The van der Waals surface area contributed by atoms with Gasteiger partial charge in [-0.25, -0.2) is 0 Å². The minimum absolute atomic E-state index is 0.227. The van der Waals surface area contributed by atoms with Crippen molar-refractivity contribution >= 4 is 16.7 Å². The molecule has 0 amide bonds. The summed E-state index contributed by atoms with van der Waals surface area (Å²) in [5.41, 5.74) is 5.65. The molecule has 1 heterocycles. The van der Waals surface area contributed by atoms with Crippen molar-refractivity contribution < 1.29 is 13.2 Å². The minimum Gasteiger partial charge on any atom is -0.360 e. The van der Waals surface area contributed by atoms with Gasteiger partial charge in [0.25, 0.3) is 0 Å². The number of rotatable bonds is 4. The smallest absolute Gasteiger partial charge is 0.360 e. The molecule has 0 spiro atoms. The van der Waals surface area contributed by atoms with Crippen LogP contribution in [0.5, 0.6) is 0 Å². The Balaban J connectivity index is 1.89. The lowest BCUT2D eigenvalue weighted by Gasteiger charge is -2.17. The molecule has 1 aromatic heterocycles. The van der Waals surface area contributed by atoms with E-state index >= 15 is 0 Å². The monoisotopic (exact) mass is 280 g/mol. The summed E-state index contributed by atoms with van der Waals surface area (Å²) in [5.74, 6) is -0.183. The third-order valence-electron chi connectivity index (χ3n) is 3.31. The Labute approximate surface area is 107 Å². The zero-order valence-electron chi connectivity index (χ0n) is 9.70. The molecule has 1 aliphatic rings. The predicted molar refractivity (Wildman–Crippen MR) is 63.3 cm³/mol. The van der Waals surface area contributed by atoms with Gasteiger partial charge < -0.3 is 11.1 Å². The highest BCUT2D eigenvalue weighted by molar-refractivity contribution is 7.09. The van der Waals surface area contributed by atoms with Crippen molar-refractivity contribution in [3.63, 3.8) is 0 Å². The van der Waals surface area contributed by atoms with Gasteiger partial charge in [0.15, 0.2) is 0 Å². The van der Waals surface area contributed by atoms with Gasteiger partial charge in [-0.15, -0.1) is 0 Å². The maximum Gasteiger partial charge on any atom is 0.452 e. The first kappa shape index (κ1) is 13.5. The van der Waals surface area contributed by atoms with Gasteiger partial charge >= 0.3 is 6.18 Å². The van der Waals surface area contributed by atoms with Crippen molar-refractivity contribution in [2.24, 2.45) is 17.6 Å². The van der Waals surface area contributed by atoms with Crippen LogP contribution in [0.25, 0.3) is 0 Å². The first-order valence-corrected chi connectivity index (χ1v) is 6.63. The van der Waals surface area contributed by atoms with Crippen LogP contribution in [0, 0.1) is 11.8 Å². The van der Waals surface area contributed by atoms with Gasteiger partial charge in [0, 0.05) is 18.1 Å². The molecule has 1 fully saturated rings. The Kier molecular flexibility index (Phi) is 4.06. The molecule has 0 saturated heterocycles. The summed E-state index contributed by atoms with van der Waals surface area (Å²) in [6, 6.07) is 0. The number of aromatic nitrogens is 2. The van der Waals surface area contributed by atoms with Crippen molar-refractivity contribution in [3.05, 3.63) is 5.82 Å². The SMILES string of the molecule is NCC1CCCC1CNc1nc(C(F)(F)F)ns1. The molecular formula is C10H15F3N4S. The predicted octanol–water partition coefficient (Wildman–Crippen LogP) is 2.34. The van der Waals surface area contributed by atoms with E-state index in [1.807, 2.05) is 0 Å². The van der Waals surface area contributed by atoms with E-state index in [2.05, 4.69) is 14.7 Å². The van der Waals surface area contributed by atoms with Crippen molar-refractivity contribution in [2.45, 2.75) is 25.4 Å². The summed E-state index contributed by atoms with van der Waals surface area (Å²) in [5, 5.41) is 3.16. The van der Waals surface area contributed by atoms with Crippen LogP contribution in [0.3, 0.4) is 0 Å². The Hall–Kier alpha value is -0.890. The molecule has 1 aromatic rings. The normalized spacial score (nSPS) is 24.4. The van der Waals surface area contributed by atoms with Gasteiger partial charge in [0.05, 0.1) is 0 Å². The number of hydrogen-bond acceptors (Lipinski definition) is 5. The zero-order valence-corrected chi connectivity index (χ0v) is 10.5. The number of hydrogen-bond donors (Lipinski definition) is 2. The lowest BCUT2D eigenvalue weighted by Crippen LogP contribution is -2.24. The lowest BCUT2D eigenvalue weighted by molar-refractivity contribution is -0.144. The molecule has 2 unspecified atom stereocenters. The maximum atomic E-state index is 12.3. The van der Waals surface area contributed by atoms with Crippen molar-refractivity contribution in [2.75, 3.05) is 18.4 Å². The first-order chi connectivity index (χ1) is 8.50. The molecule has 0 radical (unpaired) electrons. The van der Waals surface area contributed by atoms with Gasteiger partial charge in [-0.05, 0) is 31.2 Å². The zero-order chi connectivity index (χ0) is 13.2. The fourth-order valence-corrected chi connectivity index (χ4v) is 2.91. The third kappa shape index (κ3) is 3.11. The minimum atomic E-state index is -4.47. The molecule has 8 heteroatoms. The Morgan fingerprint density at radius 1 is 1.33 bits per heavy atom. The highest BCUT2D eigenvalue weighted by atomic mass is 32.1. The molecule has 2 rings (SSSR count). The molecule has 0 bridgehead atoms. The van der Waals surface area contributed by atoms with Gasteiger partial charge in [-0.3, -0.25) is 0 Å². The van der Waals surface area contributed by atoms with Crippen LogP contribution in [0.15, 0.2) is 0 Å². The quantitative estimate of drug-likeness (QED) is 0.888. The van der Waals surface area contributed by atoms with Crippen molar-refractivity contribution in [1.82, 2.24) is 9.36 Å². The number of alkyl halides is 3. The molecule has 0 aliphatic heterocycles. The molecule has 1 aliphatic carbocycles. The lowest BCUT2D eigenvalue weighted by atomic mass is 9.96. The van der Waals surface area contributed by atoms with Gasteiger partial charge in [0.2, 0.25) is 11.0 Å². The second-order valence-corrected chi connectivity index (χ2v) is 5.24. The number of nitrogens with two attached hydrogens (primary N) is 1. The molecule has 4 nitrogen and oxygen atoms in total. The van der Waals surface area contributed by atoms with Crippen molar-refractivity contribution in [3.8, 4) is 0 Å². The first-order valence-electron chi connectivity index (χ1n) is 5.85. The summed E-state index contributed by atoms with van der Waals surface area (Å²) >= 11 is 0.745. The van der Waals surface area contributed by atoms with E-state index < -0.39 is 12.0 Å². The van der Waals surface area contributed by atoms with Crippen LogP contribution in [0.1, 0.15) is 25.1 Å². The summed E-state index contributed by atoms with van der Waals surface area (Å²) in [6.45, 7) is 1.25. The standard InChI is InChI=1S/C10H15F3N4S/c11-10(12,13)8-16-9(18-17-8)15-5-7-3-1-2-6(7)4-14/h6-7H,1-5,14H2,(H,15,16,17). The Morgan fingerprint density at radius 2 is 2.06 bits per heavy atom. The molecule has 2 atom stereocenters. The summed E-state index contributed by atoms with van der Waals surface area (Å²) in [6.07, 6.45) is -1.16. The van der Waals surface area contributed by atoms with E-state index in [-0.39, 0.29) is 5.13 Å². The van der Waals surface area contributed by atoms with E-state index in [4.69, 9.17) is 5.73 Å². The average molecular weight is 280 g/mol. The molecule has 18 heavy (non-hydrogen) atoms. The summed E-state index contributed by atoms with van der Waals surface area (Å²) in [7, 11) is 0. The number of nitrogens with zero attached hydrogens (tertiary/aromatic N) is 2. The van der Waals surface area contributed by atoms with Crippen LogP contribution < -0.4 is 11.1 Å². The van der Waals surface area contributed by atoms with Gasteiger partial charge in [0.1, 0.15) is 0 Å². The molecule has 3 N–H and O–H groups in total. The van der Waals surface area contributed by atoms with Crippen LogP contribution in [0.4, 0.5) is 18.3 Å². The topological polar surface area (TPSA) is 63.8 Å². The number of anilines is 1. The second kappa shape index (κ2) is 5.40. The van der Waals surface area contributed by atoms with Gasteiger partial charge in [-0.2, -0.15) is 22.5 Å². The van der Waals surface area contributed by atoms with Gasteiger partial charge in [-0.1, -0.05) is 6.42 Å². The van der Waals surface area contributed by atoms with Crippen LogP contribution >= 0.6 is 11.5 Å². The molecule has 0 aromatic carbocycles. The Bertz CT molecular complexity index is 393. The van der Waals surface area contributed by atoms with Crippen LogP contribution in [0.2, 0.25) is 0 Å². The fraction of sp³-hybridized carbons (Fsp3) is 0.800. The number of nitrogens with one attached hydrogen (secondary N) is 1. The Morgan fingerprint density at radius 3 is 2.67 bits per heavy atom. The second-order valence-electron chi connectivity index (χ2n) is 4.49. The van der Waals surface area contributed by atoms with E-state index in [0.29, 0.717) is 24.9 Å². The van der Waals surface area contributed by atoms with Crippen LogP contribution in [-0.2, 0) is 6.18 Å². The molecule has 1 saturated carbocycles. The average Bonchev–Trinajstić information content (AvgIpc) is 2.94. The largest absolute Gasteiger partial charge is 0.452 e. The highest BCUT2D eigenvalue weighted by Crippen LogP contribution is 2.32. The fourth-order valence-electron chi connectivity index (χ4n) is 2.32. The van der Waals surface area contributed by atoms with E-state index in [1.54, 1.807) is 0 Å². The van der Waals surface area contributed by atoms with E-state index in [0.717, 1.165) is 30.8 Å². The van der Waals surface area contributed by atoms with E-state index in [1.165, 1.54) is 0 Å². The number of halogens is 3. The van der Waals surface area contributed by atoms with Crippen LogP contribution in [-0.4, -0.2) is 22.4 Å². The summed E-state index contributed by atoms with van der Waals surface area (Å²) in [4.78, 5) is 3.43. The molecular weight excluding hydrogens is 265 g/mol. The molecule has 102 valence electrons. The summed E-state index contributed by atoms with van der Waals surface area (Å²) < 4.78 is 40.2. The third-order valence-corrected chi connectivity index (χ3v) is 3.99.